The van der Waals surface area contributed by atoms with Crippen molar-refractivity contribution >= 4 is 15.9 Å². The number of sulfonamides is 1. The zero-order chi connectivity index (χ0) is 17.5. The molecule has 0 bridgehead atoms. The smallest absolute Gasteiger partial charge is 0.238 e. The number of carbonyl (C=O) groups excluding carboxylic acids is 1. The molecule has 128 valence electrons. The molecule has 0 atom stereocenters. The standard InChI is InChI=1S/C16H25N3O3S/c1-4-19(11-13(2)3)12-16(20)18-10-9-14-5-7-15(8-6-14)23(17,21)22/h5-8H,2,4,9-12H2,1,3H3,(H,18,20)(H2,17,21,22). The fraction of sp³-hybridized carbons (Fsp3) is 0.438. The van der Waals surface area contributed by atoms with E-state index >= 15 is 0 Å². The van der Waals surface area contributed by atoms with Crippen molar-refractivity contribution in [2.45, 2.75) is 25.2 Å². The maximum absolute atomic E-state index is 11.9. The van der Waals surface area contributed by atoms with E-state index in [1.807, 2.05) is 18.7 Å². The van der Waals surface area contributed by atoms with Crippen LogP contribution in [-0.2, 0) is 21.2 Å². The lowest BCUT2D eigenvalue weighted by Crippen LogP contribution is -2.38. The van der Waals surface area contributed by atoms with Crippen LogP contribution in [0.3, 0.4) is 0 Å². The van der Waals surface area contributed by atoms with Gasteiger partial charge in [0.2, 0.25) is 15.9 Å². The largest absolute Gasteiger partial charge is 0.355 e. The zero-order valence-corrected chi connectivity index (χ0v) is 14.5. The summed E-state index contributed by atoms with van der Waals surface area (Å²) >= 11 is 0. The minimum absolute atomic E-state index is 0.0331. The predicted octanol–water partition coefficient (Wildman–Crippen LogP) is 0.891. The lowest BCUT2D eigenvalue weighted by Gasteiger charge is -2.19. The van der Waals surface area contributed by atoms with Gasteiger partial charge in [0.05, 0.1) is 11.4 Å². The van der Waals surface area contributed by atoms with Crippen molar-refractivity contribution in [3.8, 4) is 0 Å². The Hall–Kier alpha value is -1.70. The molecular formula is C16H25N3O3S. The maximum Gasteiger partial charge on any atom is 0.238 e. The molecule has 0 saturated carbocycles. The molecule has 0 aliphatic heterocycles. The first-order chi connectivity index (χ1) is 10.7. The second-order valence-corrected chi connectivity index (χ2v) is 7.11. The molecule has 3 N–H and O–H groups in total. The molecule has 1 aromatic rings. The summed E-state index contributed by atoms with van der Waals surface area (Å²) in [6.07, 6.45) is 0.628. The fourth-order valence-electron chi connectivity index (χ4n) is 2.11. The SMILES string of the molecule is C=C(C)CN(CC)CC(=O)NCCc1ccc(S(N)(=O)=O)cc1. The van der Waals surface area contributed by atoms with Crippen molar-refractivity contribution < 1.29 is 13.2 Å². The summed E-state index contributed by atoms with van der Waals surface area (Å²) < 4.78 is 22.3. The molecule has 0 saturated heterocycles. The molecule has 0 heterocycles. The topological polar surface area (TPSA) is 92.5 Å². The third kappa shape index (κ3) is 7.40. The number of hydrogen-bond donors (Lipinski definition) is 2. The zero-order valence-electron chi connectivity index (χ0n) is 13.7. The van der Waals surface area contributed by atoms with Crippen LogP contribution in [0.25, 0.3) is 0 Å². The Morgan fingerprint density at radius 3 is 2.35 bits per heavy atom. The minimum atomic E-state index is -3.66. The van der Waals surface area contributed by atoms with E-state index in [0.717, 1.165) is 17.7 Å². The van der Waals surface area contributed by atoms with Gasteiger partial charge in [-0.25, -0.2) is 13.6 Å². The monoisotopic (exact) mass is 339 g/mol. The van der Waals surface area contributed by atoms with E-state index in [-0.39, 0.29) is 10.8 Å². The number of primary sulfonamides is 1. The van der Waals surface area contributed by atoms with Gasteiger partial charge in [-0.1, -0.05) is 31.2 Å². The Kier molecular flexibility index (Phi) is 7.41. The first-order valence-corrected chi connectivity index (χ1v) is 9.02. The number of benzene rings is 1. The number of nitrogens with zero attached hydrogens (tertiary/aromatic N) is 1. The third-order valence-corrected chi connectivity index (χ3v) is 4.22. The van der Waals surface area contributed by atoms with Gasteiger partial charge < -0.3 is 5.32 Å². The highest BCUT2D eigenvalue weighted by Crippen LogP contribution is 2.08. The van der Waals surface area contributed by atoms with E-state index in [2.05, 4.69) is 11.9 Å². The summed E-state index contributed by atoms with van der Waals surface area (Å²) in [5, 5.41) is 7.91. The molecule has 23 heavy (non-hydrogen) atoms. The van der Waals surface area contributed by atoms with E-state index in [4.69, 9.17) is 5.14 Å². The van der Waals surface area contributed by atoms with Gasteiger partial charge >= 0.3 is 0 Å². The normalized spacial score (nSPS) is 11.5. The highest BCUT2D eigenvalue weighted by atomic mass is 32.2. The number of hydrogen-bond acceptors (Lipinski definition) is 4. The molecule has 6 nitrogen and oxygen atoms in total. The van der Waals surface area contributed by atoms with Crippen LogP contribution in [0.5, 0.6) is 0 Å². The summed E-state index contributed by atoms with van der Waals surface area (Å²) in [6.45, 7) is 10.1. The lowest BCUT2D eigenvalue weighted by molar-refractivity contribution is -0.122. The van der Waals surface area contributed by atoms with E-state index in [1.165, 1.54) is 12.1 Å². The molecule has 0 aromatic heterocycles. The number of nitrogens with one attached hydrogen (secondary N) is 1. The van der Waals surface area contributed by atoms with Gasteiger partial charge in [0.1, 0.15) is 0 Å². The quantitative estimate of drug-likeness (QED) is 0.654. The molecule has 0 fully saturated rings. The van der Waals surface area contributed by atoms with Gasteiger partial charge in [-0.05, 0) is 37.6 Å². The van der Waals surface area contributed by atoms with Crippen molar-refractivity contribution in [3.63, 3.8) is 0 Å². The van der Waals surface area contributed by atoms with Crippen molar-refractivity contribution in [2.75, 3.05) is 26.2 Å². The molecule has 7 heteroatoms. The first-order valence-electron chi connectivity index (χ1n) is 7.47. The van der Waals surface area contributed by atoms with Gasteiger partial charge in [-0.3, -0.25) is 9.69 Å². The highest BCUT2D eigenvalue weighted by molar-refractivity contribution is 7.89. The molecule has 0 radical (unpaired) electrons. The van der Waals surface area contributed by atoms with Crippen LogP contribution in [0.2, 0.25) is 0 Å². The number of nitrogens with two attached hydrogens (primary N) is 1. The lowest BCUT2D eigenvalue weighted by atomic mass is 10.1. The molecule has 0 spiro atoms. The minimum Gasteiger partial charge on any atom is -0.355 e. The van der Waals surface area contributed by atoms with E-state index in [0.29, 0.717) is 26.1 Å². The Morgan fingerprint density at radius 2 is 1.87 bits per heavy atom. The van der Waals surface area contributed by atoms with Crippen LogP contribution in [0.15, 0.2) is 41.3 Å². The van der Waals surface area contributed by atoms with E-state index in [9.17, 15) is 13.2 Å². The summed E-state index contributed by atoms with van der Waals surface area (Å²) in [6, 6.07) is 6.34. The van der Waals surface area contributed by atoms with Gasteiger partial charge in [0.15, 0.2) is 0 Å². The van der Waals surface area contributed by atoms with Crippen LogP contribution in [0.4, 0.5) is 0 Å². The molecule has 1 aromatic carbocycles. The van der Waals surface area contributed by atoms with Crippen molar-refractivity contribution in [1.82, 2.24) is 10.2 Å². The van der Waals surface area contributed by atoms with Gasteiger partial charge in [-0.2, -0.15) is 0 Å². The van der Waals surface area contributed by atoms with Crippen LogP contribution in [-0.4, -0.2) is 45.4 Å². The van der Waals surface area contributed by atoms with Gasteiger partial charge in [0, 0.05) is 13.1 Å². The molecular weight excluding hydrogens is 314 g/mol. The number of likely N-dealkylation sites (N-methyl/N-ethyl adjacent to an activating group) is 1. The molecule has 0 aliphatic carbocycles. The average molecular weight is 339 g/mol. The Morgan fingerprint density at radius 1 is 1.26 bits per heavy atom. The van der Waals surface area contributed by atoms with Crippen molar-refractivity contribution in [3.05, 3.63) is 42.0 Å². The van der Waals surface area contributed by atoms with Gasteiger partial charge in [0.25, 0.3) is 0 Å². The average Bonchev–Trinajstić information content (AvgIpc) is 2.45. The predicted molar refractivity (Wildman–Crippen MR) is 91.5 cm³/mol. The molecule has 0 unspecified atom stereocenters. The van der Waals surface area contributed by atoms with Crippen molar-refractivity contribution in [2.24, 2.45) is 5.14 Å². The Balaban J connectivity index is 2.41. The summed E-state index contributed by atoms with van der Waals surface area (Å²) in [5.41, 5.74) is 1.96. The van der Waals surface area contributed by atoms with Crippen LogP contribution in [0.1, 0.15) is 19.4 Å². The van der Waals surface area contributed by atoms with Gasteiger partial charge in [-0.15, -0.1) is 0 Å². The third-order valence-electron chi connectivity index (χ3n) is 3.30. The molecule has 1 amide bonds. The van der Waals surface area contributed by atoms with Crippen LogP contribution >= 0.6 is 0 Å². The number of carbonyl (C=O) groups is 1. The second-order valence-electron chi connectivity index (χ2n) is 5.55. The summed E-state index contributed by atoms with van der Waals surface area (Å²) in [5.74, 6) is -0.0331. The Labute approximate surface area is 138 Å². The van der Waals surface area contributed by atoms with Crippen molar-refractivity contribution in [1.29, 1.82) is 0 Å². The Bertz CT molecular complexity index is 639. The van der Waals surface area contributed by atoms with Crippen LogP contribution in [0, 0.1) is 0 Å². The second kappa shape index (κ2) is 8.81. The first kappa shape index (κ1) is 19.3. The van der Waals surface area contributed by atoms with E-state index in [1.54, 1.807) is 12.1 Å². The summed E-state index contributed by atoms with van der Waals surface area (Å²) in [4.78, 5) is 14.0. The maximum atomic E-state index is 11.9. The van der Waals surface area contributed by atoms with E-state index < -0.39 is 10.0 Å². The summed E-state index contributed by atoms with van der Waals surface area (Å²) in [7, 11) is -3.66. The van der Waals surface area contributed by atoms with Crippen LogP contribution < -0.4 is 10.5 Å². The number of rotatable bonds is 9. The highest BCUT2D eigenvalue weighted by Gasteiger charge is 2.09. The molecule has 1 rings (SSSR count). The number of amides is 1. The molecule has 0 aliphatic rings. The fourth-order valence-corrected chi connectivity index (χ4v) is 2.63.